The lowest BCUT2D eigenvalue weighted by atomic mass is 9.93. The molecule has 0 unspecified atom stereocenters. The summed E-state index contributed by atoms with van der Waals surface area (Å²) < 4.78 is 0. The van der Waals surface area contributed by atoms with Crippen molar-refractivity contribution in [3.63, 3.8) is 0 Å². The van der Waals surface area contributed by atoms with Crippen LogP contribution in [0.1, 0.15) is 34.6 Å². The van der Waals surface area contributed by atoms with Crippen molar-refractivity contribution < 1.29 is 9.59 Å². The quantitative estimate of drug-likeness (QED) is 0.631. The molecular formula is C13H19N3O2S. The SMILES string of the molecule is CC1=NN2C[C@@H]3C(=O)N(C(C)(C)C)C(=O)[C@@H]3[C@]2(C)S1. The highest BCUT2D eigenvalue weighted by molar-refractivity contribution is 8.15. The molecule has 3 atom stereocenters. The molecule has 3 aliphatic rings. The van der Waals surface area contributed by atoms with Gasteiger partial charge in [-0.3, -0.25) is 19.5 Å². The molecule has 19 heavy (non-hydrogen) atoms. The van der Waals surface area contributed by atoms with Gasteiger partial charge in [0.15, 0.2) is 0 Å². The Morgan fingerprint density at radius 3 is 2.53 bits per heavy atom. The van der Waals surface area contributed by atoms with E-state index in [4.69, 9.17) is 0 Å². The van der Waals surface area contributed by atoms with E-state index in [1.807, 2.05) is 39.6 Å². The zero-order valence-electron chi connectivity index (χ0n) is 11.9. The van der Waals surface area contributed by atoms with Crippen LogP contribution in [0, 0.1) is 11.8 Å². The van der Waals surface area contributed by atoms with Crippen LogP contribution in [0.25, 0.3) is 0 Å². The molecule has 0 aromatic rings. The van der Waals surface area contributed by atoms with Crippen LogP contribution in [0.2, 0.25) is 0 Å². The van der Waals surface area contributed by atoms with Gasteiger partial charge in [-0.15, -0.1) is 0 Å². The summed E-state index contributed by atoms with van der Waals surface area (Å²) in [4.78, 5) is 26.3. The van der Waals surface area contributed by atoms with Gasteiger partial charge in [0, 0.05) is 5.54 Å². The van der Waals surface area contributed by atoms with E-state index in [9.17, 15) is 9.59 Å². The normalized spacial score (nSPS) is 37.8. The average molecular weight is 281 g/mol. The second-order valence-corrected chi connectivity index (χ2v) is 8.25. The van der Waals surface area contributed by atoms with E-state index in [0.29, 0.717) is 6.54 Å². The van der Waals surface area contributed by atoms with Crippen molar-refractivity contribution in [3.05, 3.63) is 0 Å². The van der Waals surface area contributed by atoms with Gasteiger partial charge in [0.2, 0.25) is 11.8 Å². The maximum atomic E-state index is 12.7. The predicted octanol–water partition coefficient (Wildman–Crippen LogP) is 1.50. The molecule has 5 nitrogen and oxygen atoms in total. The van der Waals surface area contributed by atoms with Gasteiger partial charge in [-0.05, 0) is 34.6 Å². The lowest BCUT2D eigenvalue weighted by Gasteiger charge is -2.34. The maximum absolute atomic E-state index is 12.7. The van der Waals surface area contributed by atoms with E-state index in [1.165, 1.54) is 4.90 Å². The number of hydrazone groups is 1. The van der Waals surface area contributed by atoms with Gasteiger partial charge in [0.05, 0.1) is 23.4 Å². The van der Waals surface area contributed by atoms with E-state index in [1.54, 1.807) is 11.8 Å². The zero-order chi connectivity index (χ0) is 14.2. The van der Waals surface area contributed by atoms with Crippen LogP contribution in [-0.4, -0.2) is 43.7 Å². The average Bonchev–Trinajstić information content (AvgIpc) is 2.72. The smallest absolute Gasteiger partial charge is 0.236 e. The summed E-state index contributed by atoms with van der Waals surface area (Å²) in [5, 5.41) is 7.35. The van der Waals surface area contributed by atoms with Crippen molar-refractivity contribution in [2.24, 2.45) is 16.9 Å². The number of thioether (sulfide) groups is 1. The third-order valence-electron chi connectivity index (χ3n) is 4.17. The number of fused-ring (bicyclic) bond motifs is 3. The van der Waals surface area contributed by atoms with Gasteiger partial charge >= 0.3 is 0 Å². The van der Waals surface area contributed by atoms with E-state index in [-0.39, 0.29) is 28.5 Å². The number of imide groups is 1. The lowest BCUT2D eigenvalue weighted by Crippen LogP contribution is -2.50. The Balaban J connectivity index is 2.00. The number of carbonyl (C=O) groups is 2. The van der Waals surface area contributed by atoms with Crippen molar-refractivity contribution in [3.8, 4) is 0 Å². The van der Waals surface area contributed by atoms with Gasteiger partial charge in [-0.25, -0.2) is 0 Å². The number of rotatable bonds is 0. The topological polar surface area (TPSA) is 53.0 Å². The van der Waals surface area contributed by atoms with Crippen LogP contribution < -0.4 is 0 Å². The number of amides is 2. The molecule has 6 heteroatoms. The van der Waals surface area contributed by atoms with Crippen LogP contribution in [0.3, 0.4) is 0 Å². The Kier molecular flexibility index (Phi) is 2.41. The van der Waals surface area contributed by atoms with Crippen molar-refractivity contribution in [2.75, 3.05) is 6.54 Å². The highest BCUT2D eigenvalue weighted by Gasteiger charge is 2.66. The van der Waals surface area contributed by atoms with Gasteiger partial charge in [0.25, 0.3) is 0 Å². The molecule has 0 N–H and O–H groups in total. The molecule has 3 aliphatic heterocycles. The molecule has 0 bridgehead atoms. The minimum atomic E-state index is -0.446. The van der Waals surface area contributed by atoms with E-state index >= 15 is 0 Å². The monoisotopic (exact) mass is 281 g/mol. The molecule has 0 radical (unpaired) electrons. The van der Waals surface area contributed by atoms with Crippen molar-refractivity contribution in [2.45, 2.75) is 45.0 Å². The Labute approximate surface area is 117 Å². The van der Waals surface area contributed by atoms with Crippen LogP contribution in [0.4, 0.5) is 0 Å². The fourth-order valence-electron chi connectivity index (χ4n) is 3.45. The van der Waals surface area contributed by atoms with Crippen LogP contribution in [0.5, 0.6) is 0 Å². The molecule has 2 saturated heterocycles. The fraction of sp³-hybridized carbons (Fsp3) is 0.769. The van der Waals surface area contributed by atoms with Crippen molar-refractivity contribution in [1.29, 1.82) is 0 Å². The molecule has 0 aliphatic carbocycles. The lowest BCUT2D eigenvalue weighted by molar-refractivity contribution is -0.146. The first-order valence-electron chi connectivity index (χ1n) is 6.56. The maximum Gasteiger partial charge on any atom is 0.236 e. The Bertz CT molecular complexity index is 511. The number of carbonyl (C=O) groups excluding carboxylic acids is 2. The zero-order valence-corrected chi connectivity index (χ0v) is 12.7. The first kappa shape index (κ1) is 13.0. The molecule has 0 saturated carbocycles. The van der Waals surface area contributed by atoms with Crippen LogP contribution in [0.15, 0.2) is 5.10 Å². The molecule has 3 rings (SSSR count). The standard InChI is InChI=1S/C13H19N3O2S/c1-7-14-15-6-8-9(13(15,5)19-7)11(18)16(10(8)17)12(2,3)4/h8-9H,6H2,1-5H3/t8-,9+,13-/m0/s1. The highest BCUT2D eigenvalue weighted by atomic mass is 32.2. The second-order valence-electron chi connectivity index (χ2n) is 6.62. The number of hydrogen-bond acceptors (Lipinski definition) is 5. The largest absolute Gasteiger partial charge is 0.278 e. The van der Waals surface area contributed by atoms with Gasteiger partial charge in [-0.1, -0.05) is 11.8 Å². The summed E-state index contributed by atoms with van der Waals surface area (Å²) in [5.41, 5.74) is -0.446. The fourth-order valence-corrected chi connectivity index (χ4v) is 4.80. The first-order valence-corrected chi connectivity index (χ1v) is 7.37. The van der Waals surface area contributed by atoms with Crippen LogP contribution in [-0.2, 0) is 9.59 Å². The summed E-state index contributed by atoms with van der Waals surface area (Å²) in [6.07, 6.45) is 0. The minimum absolute atomic E-state index is 0.0356. The summed E-state index contributed by atoms with van der Waals surface area (Å²) in [6.45, 7) is 10.3. The molecule has 0 spiro atoms. The Morgan fingerprint density at radius 2 is 1.95 bits per heavy atom. The van der Waals surface area contributed by atoms with E-state index in [2.05, 4.69) is 5.10 Å². The predicted molar refractivity (Wildman–Crippen MR) is 74.4 cm³/mol. The summed E-state index contributed by atoms with van der Waals surface area (Å²) >= 11 is 1.61. The highest BCUT2D eigenvalue weighted by Crippen LogP contribution is 2.54. The van der Waals surface area contributed by atoms with E-state index < -0.39 is 5.54 Å². The first-order chi connectivity index (χ1) is 8.66. The third-order valence-corrected chi connectivity index (χ3v) is 5.43. The van der Waals surface area contributed by atoms with Crippen molar-refractivity contribution >= 4 is 28.6 Å². The molecule has 0 aromatic carbocycles. The number of hydrogen-bond donors (Lipinski definition) is 0. The summed E-state index contributed by atoms with van der Waals surface area (Å²) in [7, 11) is 0. The third kappa shape index (κ3) is 1.52. The van der Waals surface area contributed by atoms with Gasteiger partial charge in [0.1, 0.15) is 4.87 Å². The molecule has 0 aromatic heterocycles. The van der Waals surface area contributed by atoms with Gasteiger partial charge < -0.3 is 0 Å². The summed E-state index contributed by atoms with van der Waals surface area (Å²) in [5.74, 6) is -0.581. The minimum Gasteiger partial charge on any atom is -0.278 e. The molecule has 3 heterocycles. The second kappa shape index (κ2) is 3.53. The van der Waals surface area contributed by atoms with E-state index in [0.717, 1.165) is 5.04 Å². The number of nitrogens with zero attached hydrogens (tertiary/aromatic N) is 3. The Hall–Kier alpha value is -1.04. The molecule has 2 fully saturated rings. The Morgan fingerprint density at radius 1 is 1.32 bits per heavy atom. The van der Waals surface area contributed by atoms with Crippen molar-refractivity contribution in [1.82, 2.24) is 9.91 Å². The van der Waals surface area contributed by atoms with Gasteiger partial charge in [-0.2, -0.15) is 5.10 Å². The molecular weight excluding hydrogens is 262 g/mol. The van der Waals surface area contributed by atoms with Crippen LogP contribution >= 0.6 is 11.8 Å². The summed E-state index contributed by atoms with van der Waals surface area (Å²) in [6, 6.07) is 0. The number of likely N-dealkylation sites (tertiary alicyclic amines) is 1. The molecule has 2 amide bonds. The molecule has 104 valence electrons.